The Hall–Kier alpha value is -2.32. The Balaban J connectivity index is 1.73. The second kappa shape index (κ2) is 6.85. The molecule has 8 heteroatoms. The van der Waals surface area contributed by atoms with E-state index in [2.05, 4.69) is 4.57 Å². The molecule has 0 radical (unpaired) electrons. The minimum atomic E-state index is -3.69. The van der Waals surface area contributed by atoms with E-state index >= 15 is 0 Å². The van der Waals surface area contributed by atoms with Gasteiger partial charge in [-0.15, -0.1) is 0 Å². The van der Waals surface area contributed by atoms with Crippen molar-refractivity contribution in [3.05, 3.63) is 36.0 Å². The summed E-state index contributed by atoms with van der Waals surface area (Å²) in [7, 11) is -3.69. The molecule has 0 N–H and O–H groups in total. The average Bonchev–Trinajstić information content (AvgIpc) is 3.32. The fourth-order valence-corrected chi connectivity index (χ4v) is 5.74. The number of hydrogen-bond acceptors (Lipinski definition) is 4. The van der Waals surface area contributed by atoms with Gasteiger partial charge in [0.15, 0.2) is 0 Å². The first-order chi connectivity index (χ1) is 14.2. The highest BCUT2D eigenvalue weighted by molar-refractivity contribution is 7.89. The summed E-state index contributed by atoms with van der Waals surface area (Å²) in [6.45, 7) is 5.60. The van der Waals surface area contributed by atoms with E-state index in [9.17, 15) is 13.2 Å². The van der Waals surface area contributed by atoms with E-state index in [0.29, 0.717) is 24.5 Å². The Kier molecular flexibility index (Phi) is 4.48. The van der Waals surface area contributed by atoms with Gasteiger partial charge in [0.05, 0.1) is 35.0 Å². The van der Waals surface area contributed by atoms with Crippen molar-refractivity contribution in [2.45, 2.75) is 45.4 Å². The number of benzene rings is 1. The fraction of sp³-hybridized carbons (Fsp3) is 0.500. The summed E-state index contributed by atoms with van der Waals surface area (Å²) >= 11 is 0. The van der Waals surface area contributed by atoms with Crippen molar-refractivity contribution < 1.29 is 17.9 Å². The van der Waals surface area contributed by atoms with Crippen LogP contribution < -0.4 is 0 Å². The summed E-state index contributed by atoms with van der Waals surface area (Å²) < 4.78 is 35.0. The lowest BCUT2D eigenvalue weighted by Gasteiger charge is -2.35. The third-order valence-electron chi connectivity index (χ3n) is 6.07. The summed E-state index contributed by atoms with van der Waals surface area (Å²) in [5.74, 6) is 0.353. The van der Waals surface area contributed by atoms with Crippen LogP contribution in [0.4, 0.5) is 0 Å². The standard InChI is InChI=1S/C22H27N3O4S/c1-14-11-23(12-15(2)29-14)22(26)20-10-19-21(25(20)30(3,27)28)17-6-4-5-7-18(17)24(19)13-16-8-9-16/h4-7,10,14-16H,8-9,11-13H2,1-3H3. The Morgan fingerprint density at radius 3 is 2.40 bits per heavy atom. The van der Waals surface area contributed by atoms with Gasteiger partial charge in [-0.1, -0.05) is 18.2 Å². The van der Waals surface area contributed by atoms with E-state index in [-0.39, 0.29) is 23.8 Å². The van der Waals surface area contributed by atoms with Gasteiger partial charge in [-0.05, 0) is 44.7 Å². The van der Waals surface area contributed by atoms with Crippen LogP contribution in [0.15, 0.2) is 30.3 Å². The molecule has 30 heavy (non-hydrogen) atoms. The summed E-state index contributed by atoms with van der Waals surface area (Å²) in [5, 5.41) is 0.862. The number of carbonyl (C=O) groups excluding carboxylic acids is 1. The molecule has 2 fully saturated rings. The molecule has 5 rings (SSSR count). The molecule has 7 nitrogen and oxygen atoms in total. The molecule has 1 aromatic carbocycles. The number of hydrogen-bond donors (Lipinski definition) is 0. The molecule has 0 spiro atoms. The van der Waals surface area contributed by atoms with E-state index < -0.39 is 10.0 Å². The minimum Gasteiger partial charge on any atom is -0.372 e. The predicted molar refractivity (Wildman–Crippen MR) is 116 cm³/mol. The van der Waals surface area contributed by atoms with Gasteiger partial charge < -0.3 is 14.2 Å². The average molecular weight is 430 g/mol. The first-order valence-corrected chi connectivity index (χ1v) is 12.4. The number of para-hydroxylation sites is 1. The maximum absolute atomic E-state index is 13.5. The van der Waals surface area contributed by atoms with Crippen molar-refractivity contribution in [2.24, 2.45) is 5.92 Å². The maximum Gasteiger partial charge on any atom is 0.271 e. The van der Waals surface area contributed by atoms with Gasteiger partial charge in [0.1, 0.15) is 5.69 Å². The second-order valence-corrected chi connectivity index (χ2v) is 10.7. The van der Waals surface area contributed by atoms with Crippen molar-refractivity contribution >= 4 is 37.9 Å². The van der Waals surface area contributed by atoms with Crippen molar-refractivity contribution in [3.8, 4) is 0 Å². The molecule has 2 unspecified atom stereocenters. The highest BCUT2D eigenvalue weighted by Gasteiger charge is 2.33. The first kappa shape index (κ1) is 19.6. The third kappa shape index (κ3) is 3.22. The van der Waals surface area contributed by atoms with Gasteiger partial charge in [-0.25, -0.2) is 12.4 Å². The molecule has 3 heterocycles. The van der Waals surface area contributed by atoms with Gasteiger partial charge >= 0.3 is 0 Å². The van der Waals surface area contributed by atoms with Crippen molar-refractivity contribution in [3.63, 3.8) is 0 Å². The zero-order valence-corrected chi connectivity index (χ0v) is 18.4. The normalized spacial score (nSPS) is 22.8. The number of morpholine rings is 1. The molecule has 3 aromatic rings. The zero-order chi connectivity index (χ0) is 21.2. The van der Waals surface area contributed by atoms with Gasteiger partial charge in [-0.3, -0.25) is 4.79 Å². The molecule has 1 saturated carbocycles. The fourth-order valence-electron chi connectivity index (χ4n) is 4.73. The van der Waals surface area contributed by atoms with E-state index in [1.807, 2.05) is 38.1 Å². The van der Waals surface area contributed by atoms with Crippen LogP contribution in [0.25, 0.3) is 21.9 Å². The molecule has 1 saturated heterocycles. The third-order valence-corrected chi connectivity index (χ3v) is 7.12. The molecule has 2 aliphatic rings. The molecule has 1 aliphatic heterocycles. The van der Waals surface area contributed by atoms with Crippen LogP contribution in [0, 0.1) is 5.92 Å². The van der Waals surface area contributed by atoms with Crippen LogP contribution in [-0.2, 0) is 21.3 Å². The zero-order valence-electron chi connectivity index (χ0n) is 17.5. The Morgan fingerprint density at radius 1 is 1.10 bits per heavy atom. The summed E-state index contributed by atoms with van der Waals surface area (Å²) in [5.41, 5.74) is 2.64. The first-order valence-electron chi connectivity index (χ1n) is 10.5. The Bertz CT molecular complexity index is 1240. The number of nitrogens with zero attached hydrogens (tertiary/aromatic N) is 3. The van der Waals surface area contributed by atoms with E-state index in [4.69, 9.17) is 4.74 Å². The Morgan fingerprint density at radius 2 is 1.77 bits per heavy atom. The monoisotopic (exact) mass is 429 g/mol. The molecule has 2 atom stereocenters. The molecule has 1 aliphatic carbocycles. The molecule has 1 amide bonds. The van der Waals surface area contributed by atoms with E-state index in [1.165, 1.54) is 23.1 Å². The van der Waals surface area contributed by atoms with E-state index in [0.717, 1.165) is 23.0 Å². The molecule has 160 valence electrons. The lowest BCUT2D eigenvalue weighted by atomic mass is 10.2. The lowest BCUT2D eigenvalue weighted by Crippen LogP contribution is -2.48. The summed E-state index contributed by atoms with van der Waals surface area (Å²) in [6, 6.07) is 9.62. The van der Waals surface area contributed by atoms with Crippen LogP contribution >= 0.6 is 0 Å². The number of aromatic nitrogens is 2. The van der Waals surface area contributed by atoms with Crippen LogP contribution in [-0.4, -0.2) is 59.3 Å². The predicted octanol–water partition coefficient (Wildman–Crippen LogP) is 3.06. The largest absolute Gasteiger partial charge is 0.372 e. The van der Waals surface area contributed by atoms with Crippen molar-refractivity contribution in [1.82, 2.24) is 13.4 Å². The number of fused-ring (bicyclic) bond motifs is 3. The Labute approximate surface area is 176 Å². The van der Waals surface area contributed by atoms with Crippen LogP contribution in [0.1, 0.15) is 37.2 Å². The van der Waals surface area contributed by atoms with Crippen LogP contribution in [0.5, 0.6) is 0 Å². The van der Waals surface area contributed by atoms with Crippen molar-refractivity contribution in [1.29, 1.82) is 0 Å². The smallest absolute Gasteiger partial charge is 0.271 e. The lowest BCUT2D eigenvalue weighted by molar-refractivity contribution is -0.0587. The minimum absolute atomic E-state index is 0.0849. The number of ether oxygens (including phenoxy) is 1. The van der Waals surface area contributed by atoms with E-state index in [1.54, 1.807) is 11.0 Å². The molecule has 2 aromatic heterocycles. The van der Waals surface area contributed by atoms with Crippen LogP contribution in [0.2, 0.25) is 0 Å². The van der Waals surface area contributed by atoms with Gasteiger partial charge in [0, 0.05) is 25.0 Å². The summed E-state index contributed by atoms with van der Waals surface area (Å²) in [6.07, 6.45) is 3.38. The quantitative estimate of drug-likeness (QED) is 0.639. The topological polar surface area (TPSA) is 73.5 Å². The molecular weight excluding hydrogens is 402 g/mol. The highest BCUT2D eigenvalue weighted by Crippen LogP contribution is 2.38. The van der Waals surface area contributed by atoms with Crippen LogP contribution in [0.3, 0.4) is 0 Å². The molecule has 0 bridgehead atoms. The molecular formula is C22H27N3O4S. The maximum atomic E-state index is 13.5. The van der Waals surface area contributed by atoms with Gasteiger partial charge in [-0.2, -0.15) is 0 Å². The highest BCUT2D eigenvalue weighted by atomic mass is 32.2. The number of carbonyl (C=O) groups is 1. The SMILES string of the molecule is CC1CN(C(=O)c2cc3c(c4ccccc4n3CC3CC3)n2S(C)(=O)=O)CC(C)O1. The van der Waals surface area contributed by atoms with Gasteiger partial charge in [0.25, 0.3) is 5.91 Å². The second-order valence-electron chi connectivity index (χ2n) is 8.83. The number of amides is 1. The van der Waals surface area contributed by atoms with Gasteiger partial charge in [0.2, 0.25) is 10.0 Å². The van der Waals surface area contributed by atoms with Crippen molar-refractivity contribution in [2.75, 3.05) is 19.3 Å². The number of rotatable bonds is 4. The summed E-state index contributed by atoms with van der Waals surface area (Å²) in [4.78, 5) is 15.2.